The lowest BCUT2D eigenvalue weighted by Crippen LogP contribution is -2.41. The monoisotopic (exact) mass is 264 g/mol. The molecule has 1 saturated heterocycles. The smallest absolute Gasteiger partial charge is 0.466 e. The van der Waals surface area contributed by atoms with E-state index >= 15 is 0 Å². The maximum atomic E-state index is 6.07. The van der Waals surface area contributed by atoms with Crippen molar-refractivity contribution in [2.45, 2.75) is 72.0 Å². The molecular formula is C15H25BO3. The van der Waals surface area contributed by atoms with Crippen LogP contribution in [0.2, 0.25) is 0 Å². The van der Waals surface area contributed by atoms with Crippen molar-refractivity contribution in [1.29, 1.82) is 0 Å². The van der Waals surface area contributed by atoms with Crippen LogP contribution in [0, 0.1) is 6.92 Å². The fourth-order valence-electron chi connectivity index (χ4n) is 2.07. The van der Waals surface area contributed by atoms with Crippen LogP contribution < -0.4 is 5.46 Å². The predicted molar refractivity (Wildman–Crippen MR) is 77.9 cm³/mol. The summed E-state index contributed by atoms with van der Waals surface area (Å²) in [5, 5.41) is 0. The van der Waals surface area contributed by atoms with Gasteiger partial charge in [-0.3, -0.25) is 0 Å². The number of rotatable bonds is 1. The Morgan fingerprint density at radius 3 is 1.84 bits per heavy atom. The van der Waals surface area contributed by atoms with E-state index in [0.717, 1.165) is 17.0 Å². The van der Waals surface area contributed by atoms with Crippen LogP contribution in [0.15, 0.2) is 10.5 Å². The van der Waals surface area contributed by atoms with E-state index in [9.17, 15) is 0 Å². The van der Waals surface area contributed by atoms with E-state index in [2.05, 4.69) is 54.5 Å². The summed E-state index contributed by atoms with van der Waals surface area (Å²) >= 11 is 0. The van der Waals surface area contributed by atoms with Crippen LogP contribution in [0.5, 0.6) is 0 Å². The van der Waals surface area contributed by atoms with Crippen LogP contribution in [-0.2, 0) is 14.7 Å². The molecular weight excluding hydrogens is 239 g/mol. The lowest BCUT2D eigenvalue weighted by molar-refractivity contribution is 0.00578. The Labute approximate surface area is 116 Å². The van der Waals surface area contributed by atoms with Crippen LogP contribution in [0.25, 0.3) is 0 Å². The Kier molecular flexibility index (Phi) is 3.19. The van der Waals surface area contributed by atoms with Gasteiger partial charge >= 0.3 is 7.12 Å². The van der Waals surface area contributed by atoms with E-state index < -0.39 is 0 Å². The molecule has 0 atom stereocenters. The Bertz CT molecular complexity index is 464. The van der Waals surface area contributed by atoms with Crippen molar-refractivity contribution in [3.63, 3.8) is 0 Å². The molecule has 1 aliphatic rings. The minimum absolute atomic E-state index is 0.00729. The van der Waals surface area contributed by atoms with Gasteiger partial charge in [0.15, 0.2) is 0 Å². The van der Waals surface area contributed by atoms with Crippen molar-refractivity contribution in [1.82, 2.24) is 0 Å². The minimum atomic E-state index is -0.343. The van der Waals surface area contributed by atoms with Crippen molar-refractivity contribution in [3.8, 4) is 0 Å². The highest BCUT2D eigenvalue weighted by molar-refractivity contribution is 6.62. The highest BCUT2D eigenvalue weighted by Gasteiger charge is 2.52. The molecule has 2 heterocycles. The van der Waals surface area contributed by atoms with Crippen LogP contribution in [-0.4, -0.2) is 18.3 Å². The van der Waals surface area contributed by atoms with Gasteiger partial charge < -0.3 is 13.7 Å². The van der Waals surface area contributed by atoms with Gasteiger partial charge in [0.1, 0.15) is 11.5 Å². The molecule has 1 aliphatic heterocycles. The fourth-order valence-corrected chi connectivity index (χ4v) is 2.07. The molecule has 0 radical (unpaired) electrons. The van der Waals surface area contributed by atoms with E-state index in [1.165, 1.54) is 0 Å². The summed E-state index contributed by atoms with van der Waals surface area (Å²) in [7, 11) is -0.343. The number of aryl methyl sites for hydroxylation is 1. The standard InChI is InChI=1S/C15H25BO3/c1-10-11(9-12(17-10)13(2,3)4)16-18-14(5,6)15(7,8)19-16/h9H,1-8H3. The second kappa shape index (κ2) is 4.13. The van der Waals surface area contributed by atoms with Crippen molar-refractivity contribution < 1.29 is 13.7 Å². The van der Waals surface area contributed by atoms with Gasteiger partial charge in [0.25, 0.3) is 0 Å². The molecule has 3 nitrogen and oxygen atoms in total. The average molecular weight is 264 g/mol. The Morgan fingerprint density at radius 1 is 1.00 bits per heavy atom. The lowest BCUT2D eigenvalue weighted by atomic mass is 9.78. The van der Waals surface area contributed by atoms with Gasteiger partial charge in [-0.25, -0.2) is 0 Å². The lowest BCUT2D eigenvalue weighted by Gasteiger charge is -2.32. The summed E-state index contributed by atoms with van der Waals surface area (Å²) in [5.41, 5.74) is 0.364. The number of furan rings is 1. The highest BCUT2D eigenvalue weighted by Crippen LogP contribution is 2.37. The molecule has 19 heavy (non-hydrogen) atoms. The second-order valence-corrected chi connectivity index (χ2v) is 7.46. The largest absolute Gasteiger partial charge is 0.498 e. The third-order valence-electron chi connectivity index (χ3n) is 4.20. The number of hydrogen-bond acceptors (Lipinski definition) is 3. The first kappa shape index (κ1) is 14.7. The highest BCUT2D eigenvalue weighted by atomic mass is 16.7. The van der Waals surface area contributed by atoms with Crippen LogP contribution in [0.3, 0.4) is 0 Å². The van der Waals surface area contributed by atoms with Gasteiger partial charge in [0, 0.05) is 10.9 Å². The summed E-state index contributed by atoms with van der Waals surface area (Å²) in [6.45, 7) is 16.6. The van der Waals surface area contributed by atoms with Crippen molar-refractivity contribution in [2.75, 3.05) is 0 Å². The predicted octanol–water partition coefficient (Wildman–Crippen LogP) is 3.18. The van der Waals surface area contributed by atoms with Crippen LogP contribution in [0.4, 0.5) is 0 Å². The quantitative estimate of drug-likeness (QED) is 0.730. The first-order valence-corrected chi connectivity index (χ1v) is 6.90. The van der Waals surface area contributed by atoms with E-state index in [-0.39, 0.29) is 23.7 Å². The van der Waals surface area contributed by atoms with E-state index in [4.69, 9.17) is 13.7 Å². The van der Waals surface area contributed by atoms with Crippen LogP contribution in [0.1, 0.15) is 60.0 Å². The zero-order valence-corrected chi connectivity index (χ0v) is 13.4. The second-order valence-electron chi connectivity index (χ2n) is 7.46. The fraction of sp³-hybridized carbons (Fsp3) is 0.733. The van der Waals surface area contributed by atoms with Gasteiger partial charge in [-0.1, -0.05) is 20.8 Å². The number of hydrogen-bond donors (Lipinski definition) is 0. The van der Waals surface area contributed by atoms with Gasteiger partial charge in [-0.15, -0.1) is 0 Å². The summed E-state index contributed by atoms with van der Waals surface area (Å²) in [5.74, 6) is 1.85. The van der Waals surface area contributed by atoms with E-state index in [1.54, 1.807) is 0 Å². The maximum absolute atomic E-state index is 6.07. The zero-order chi connectivity index (χ0) is 14.6. The van der Waals surface area contributed by atoms with Gasteiger partial charge in [0.05, 0.1) is 11.2 Å². The first-order valence-electron chi connectivity index (χ1n) is 6.90. The zero-order valence-electron chi connectivity index (χ0n) is 13.4. The minimum Gasteiger partial charge on any atom is -0.466 e. The molecule has 0 amide bonds. The average Bonchev–Trinajstić information content (AvgIpc) is 2.65. The van der Waals surface area contributed by atoms with Crippen molar-refractivity contribution >= 4 is 12.6 Å². The molecule has 1 fully saturated rings. The summed E-state index contributed by atoms with van der Waals surface area (Å²) in [6.07, 6.45) is 0. The summed E-state index contributed by atoms with van der Waals surface area (Å²) < 4.78 is 18.0. The van der Waals surface area contributed by atoms with Crippen molar-refractivity contribution in [3.05, 3.63) is 17.6 Å². The molecule has 0 bridgehead atoms. The Hall–Kier alpha value is -0.735. The third kappa shape index (κ3) is 2.48. The maximum Gasteiger partial charge on any atom is 0.498 e. The van der Waals surface area contributed by atoms with Gasteiger partial charge in [-0.2, -0.15) is 0 Å². The SMILES string of the molecule is Cc1oc(C(C)(C)C)cc1B1OC(C)(C)C(C)(C)O1. The molecule has 0 aromatic carbocycles. The van der Waals surface area contributed by atoms with Gasteiger partial charge in [0.2, 0.25) is 0 Å². The first-order chi connectivity index (χ1) is 8.44. The molecule has 4 heteroatoms. The molecule has 2 rings (SSSR count). The summed E-state index contributed by atoms with van der Waals surface area (Å²) in [6, 6.07) is 2.07. The topological polar surface area (TPSA) is 31.6 Å². The summed E-state index contributed by atoms with van der Waals surface area (Å²) in [4.78, 5) is 0. The molecule has 0 saturated carbocycles. The Balaban J connectivity index is 2.33. The molecule has 1 aromatic heterocycles. The third-order valence-corrected chi connectivity index (χ3v) is 4.20. The molecule has 0 aliphatic carbocycles. The van der Waals surface area contributed by atoms with Crippen LogP contribution >= 0.6 is 0 Å². The molecule has 0 spiro atoms. The molecule has 0 unspecified atom stereocenters. The van der Waals surface area contributed by atoms with E-state index in [0.29, 0.717) is 0 Å². The Morgan fingerprint density at radius 2 is 1.47 bits per heavy atom. The van der Waals surface area contributed by atoms with Gasteiger partial charge in [-0.05, 0) is 40.7 Å². The normalized spacial score (nSPS) is 22.0. The molecule has 1 aromatic rings. The molecule has 0 N–H and O–H groups in total. The molecule has 106 valence electrons. The van der Waals surface area contributed by atoms with E-state index in [1.807, 2.05) is 6.92 Å². The van der Waals surface area contributed by atoms with Crippen molar-refractivity contribution in [2.24, 2.45) is 0 Å².